The summed E-state index contributed by atoms with van der Waals surface area (Å²) in [7, 11) is 0. The lowest BCUT2D eigenvalue weighted by atomic mass is 9.90. The topological polar surface area (TPSA) is 94.9 Å². The molecule has 1 N–H and O–H groups in total. The number of nitrogens with one attached hydrogen (secondary N) is 1. The molecule has 8 heteroatoms. The van der Waals surface area contributed by atoms with E-state index < -0.39 is 11.6 Å². The number of carbonyl (C=O) groups excluding carboxylic acids is 2. The smallest absolute Gasteiger partial charge is 0.267 e. The fourth-order valence-electron chi connectivity index (χ4n) is 3.30. The highest BCUT2D eigenvalue weighted by Gasteiger charge is 2.34. The van der Waals surface area contributed by atoms with Crippen molar-refractivity contribution in [1.82, 2.24) is 15.1 Å². The number of benzene rings is 1. The summed E-state index contributed by atoms with van der Waals surface area (Å²) in [5, 5.41) is 12.2. The molecular formula is C21H28N4O4. The van der Waals surface area contributed by atoms with E-state index in [1.165, 1.54) is 0 Å². The van der Waals surface area contributed by atoms with Crippen molar-refractivity contribution in [3.63, 3.8) is 0 Å². The second-order valence-corrected chi connectivity index (χ2v) is 7.98. The van der Waals surface area contributed by atoms with Crippen molar-refractivity contribution < 1.29 is 19.1 Å². The number of hydrogen-bond acceptors (Lipinski definition) is 6. The zero-order valence-electron chi connectivity index (χ0n) is 17.2. The molecule has 2 atom stereocenters. The van der Waals surface area contributed by atoms with Gasteiger partial charge in [-0.15, -0.1) is 0 Å². The summed E-state index contributed by atoms with van der Waals surface area (Å²) in [4.78, 5) is 28.9. The molecule has 29 heavy (non-hydrogen) atoms. The SMILES string of the molecule is CC(C)[C@](C)(C#N)NC(=O)CN1CCN(C(=O)[C@@H]2COc3ccccc3O2)CC1. The Bertz CT molecular complexity index is 798. The van der Waals surface area contributed by atoms with Crippen LogP contribution in [0.1, 0.15) is 20.8 Å². The molecule has 2 amide bonds. The Hall–Kier alpha value is -2.79. The van der Waals surface area contributed by atoms with E-state index in [0.717, 1.165) is 0 Å². The monoisotopic (exact) mass is 400 g/mol. The van der Waals surface area contributed by atoms with Gasteiger partial charge in [0, 0.05) is 26.2 Å². The largest absolute Gasteiger partial charge is 0.485 e. The summed E-state index contributed by atoms with van der Waals surface area (Å²) in [6, 6.07) is 9.49. The predicted octanol–water partition coefficient (Wildman–Crippen LogP) is 1.03. The Labute approximate surface area is 171 Å². The van der Waals surface area contributed by atoms with E-state index in [0.29, 0.717) is 37.7 Å². The van der Waals surface area contributed by atoms with Gasteiger partial charge in [-0.2, -0.15) is 5.26 Å². The van der Waals surface area contributed by atoms with E-state index in [4.69, 9.17) is 9.47 Å². The summed E-state index contributed by atoms with van der Waals surface area (Å²) in [6.45, 7) is 8.18. The Balaban J connectivity index is 1.48. The van der Waals surface area contributed by atoms with Gasteiger partial charge >= 0.3 is 0 Å². The molecule has 3 rings (SSSR count). The minimum atomic E-state index is -0.885. The van der Waals surface area contributed by atoms with E-state index >= 15 is 0 Å². The highest BCUT2D eigenvalue weighted by atomic mass is 16.6. The van der Waals surface area contributed by atoms with Crippen molar-refractivity contribution in [2.75, 3.05) is 39.3 Å². The van der Waals surface area contributed by atoms with Gasteiger partial charge in [0.2, 0.25) is 12.0 Å². The molecule has 0 bridgehead atoms. The van der Waals surface area contributed by atoms with Crippen LogP contribution in [0.3, 0.4) is 0 Å². The number of nitrogens with zero attached hydrogens (tertiary/aromatic N) is 3. The molecule has 0 saturated carbocycles. The second kappa shape index (κ2) is 8.70. The van der Waals surface area contributed by atoms with Gasteiger partial charge in [0.1, 0.15) is 12.1 Å². The minimum Gasteiger partial charge on any atom is -0.485 e. The van der Waals surface area contributed by atoms with Crippen LogP contribution in [0, 0.1) is 17.2 Å². The number of rotatable bonds is 5. The zero-order chi connectivity index (χ0) is 21.0. The second-order valence-electron chi connectivity index (χ2n) is 7.98. The maximum absolute atomic E-state index is 12.8. The molecule has 2 aliphatic rings. The summed E-state index contributed by atoms with van der Waals surface area (Å²) in [5.74, 6) is 0.966. The van der Waals surface area contributed by atoms with E-state index in [2.05, 4.69) is 11.4 Å². The average molecular weight is 400 g/mol. The standard InChI is InChI=1S/C21H28N4O4/c1-15(2)21(3,14-22)23-19(26)12-24-8-10-25(11-9-24)20(27)18-13-28-16-6-4-5-7-17(16)29-18/h4-7,15,18H,8-13H2,1-3H3,(H,23,26)/t18-,21-/m0/s1. The number of hydrogen-bond donors (Lipinski definition) is 1. The molecule has 0 aliphatic carbocycles. The fourth-order valence-corrected chi connectivity index (χ4v) is 3.30. The highest BCUT2D eigenvalue weighted by Crippen LogP contribution is 2.31. The maximum atomic E-state index is 12.8. The first-order chi connectivity index (χ1) is 13.8. The molecule has 2 aliphatic heterocycles. The van der Waals surface area contributed by atoms with Gasteiger partial charge in [0.15, 0.2) is 11.5 Å². The van der Waals surface area contributed by atoms with Gasteiger partial charge < -0.3 is 19.7 Å². The first-order valence-electron chi connectivity index (χ1n) is 9.94. The van der Waals surface area contributed by atoms with E-state index in [1.807, 2.05) is 36.9 Å². The van der Waals surface area contributed by atoms with E-state index in [1.54, 1.807) is 17.9 Å². The molecule has 1 aromatic carbocycles. The molecular weight excluding hydrogens is 372 g/mol. The van der Waals surface area contributed by atoms with Crippen LogP contribution in [0.5, 0.6) is 11.5 Å². The van der Waals surface area contributed by atoms with Crippen molar-refractivity contribution >= 4 is 11.8 Å². The maximum Gasteiger partial charge on any atom is 0.267 e. The van der Waals surface area contributed by atoms with Crippen LogP contribution in [0.25, 0.3) is 0 Å². The van der Waals surface area contributed by atoms with Crippen LogP contribution in [-0.4, -0.2) is 72.6 Å². The third kappa shape index (κ3) is 4.80. The molecule has 1 fully saturated rings. The van der Waals surface area contributed by atoms with Gasteiger partial charge in [-0.05, 0) is 25.0 Å². The van der Waals surface area contributed by atoms with Crippen LogP contribution in [0.15, 0.2) is 24.3 Å². The Morgan fingerprint density at radius 3 is 2.52 bits per heavy atom. The number of amides is 2. The average Bonchev–Trinajstić information content (AvgIpc) is 2.73. The quantitative estimate of drug-likeness (QED) is 0.793. The van der Waals surface area contributed by atoms with Gasteiger partial charge in [0.05, 0.1) is 12.6 Å². The minimum absolute atomic E-state index is 0.00811. The van der Waals surface area contributed by atoms with Gasteiger partial charge in [-0.25, -0.2) is 0 Å². The third-order valence-corrected chi connectivity index (χ3v) is 5.62. The molecule has 0 radical (unpaired) electrons. The molecule has 1 aromatic rings. The Morgan fingerprint density at radius 2 is 1.90 bits per heavy atom. The van der Waals surface area contributed by atoms with Crippen LogP contribution in [-0.2, 0) is 9.59 Å². The first kappa shape index (κ1) is 20.9. The van der Waals surface area contributed by atoms with Crippen molar-refractivity contribution in [2.24, 2.45) is 5.92 Å². The molecule has 0 spiro atoms. The van der Waals surface area contributed by atoms with Crippen molar-refractivity contribution in [2.45, 2.75) is 32.4 Å². The van der Waals surface area contributed by atoms with Gasteiger partial charge in [0.25, 0.3) is 5.91 Å². The first-order valence-corrected chi connectivity index (χ1v) is 9.94. The summed E-state index contributed by atoms with van der Waals surface area (Å²) in [5.41, 5.74) is -0.885. The molecule has 1 saturated heterocycles. The lowest BCUT2D eigenvalue weighted by Gasteiger charge is -2.37. The zero-order valence-corrected chi connectivity index (χ0v) is 17.2. The van der Waals surface area contributed by atoms with Crippen LogP contribution in [0.2, 0.25) is 0 Å². The van der Waals surface area contributed by atoms with E-state index in [-0.39, 0.29) is 30.9 Å². The van der Waals surface area contributed by atoms with E-state index in [9.17, 15) is 14.9 Å². The Kier molecular flexibility index (Phi) is 6.28. The predicted molar refractivity (Wildman–Crippen MR) is 106 cm³/mol. The van der Waals surface area contributed by atoms with Crippen molar-refractivity contribution in [1.29, 1.82) is 5.26 Å². The molecule has 156 valence electrons. The number of ether oxygens (including phenoxy) is 2. The van der Waals surface area contributed by atoms with Crippen LogP contribution in [0.4, 0.5) is 0 Å². The fraction of sp³-hybridized carbons (Fsp3) is 0.571. The number of piperazine rings is 1. The Morgan fingerprint density at radius 1 is 1.24 bits per heavy atom. The van der Waals surface area contributed by atoms with Crippen molar-refractivity contribution in [3.05, 3.63) is 24.3 Å². The molecule has 0 unspecified atom stereocenters. The highest BCUT2D eigenvalue weighted by molar-refractivity contribution is 5.82. The molecule has 8 nitrogen and oxygen atoms in total. The number of carbonyl (C=O) groups is 2. The van der Waals surface area contributed by atoms with Gasteiger partial charge in [-0.1, -0.05) is 26.0 Å². The summed E-state index contributed by atoms with van der Waals surface area (Å²) in [6.07, 6.45) is -0.651. The van der Waals surface area contributed by atoms with Gasteiger partial charge in [-0.3, -0.25) is 14.5 Å². The lowest BCUT2D eigenvalue weighted by Crippen LogP contribution is -2.57. The number of nitriles is 1. The molecule has 0 aromatic heterocycles. The lowest BCUT2D eigenvalue weighted by molar-refractivity contribution is -0.143. The third-order valence-electron chi connectivity index (χ3n) is 5.62. The van der Waals surface area contributed by atoms with Crippen molar-refractivity contribution in [3.8, 4) is 17.6 Å². The number of para-hydroxylation sites is 2. The summed E-state index contributed by atoms with van der Waals surface area (Å²) < 4.78 is 11.4. The van der Waals surface area contributed by atoms with Crippen LogP contribution >= 0.6 is 0 Å². The number of fused-ring (bicyclic) bond motifs is 1. The van der Waals surface area contributed by atoms with Crippen LogP contribution < -0.4 is 14.8 Å². The normalized spacial score (nSPS) is 21.2. The molecule has 2 heterocycles. The summed E-state index contributed by atoms with van der Waals surface area (Å²) >= 11 is 0.